The second kappa shape index (κ2) is 4.16. The molecule has 0 radical (unpaired) electrons. The van der Waals surface area contributed by atoms with Crippen LogP contribution in [-0.2, 0) is 14.3 Å². The van der Waals surface area contributed by atoms with Crippen LogP contribution in [0.15, 0.2) is 0 Å². The Morgan fingerprint density at radius 2 is 1.86 bits per heavy atom. The van der Waals surface area contributed by atoms with Gasteiger partial charge in [-0.1, -0.05) is 15.9 Å². The predicted octanol–water partition coefficient (Wildman–Crippen LogP) is 0.747. The molecule has 0 atom stereocenters. The lowest BCUT2D eigenvalue weighted by Gasteiger charge is -2.37. The molecule has 1 spiro atoms. The number of carbonyl (C=O) groups excluding carboxylic acids is 1. The van der Waals surface area contributed by atoms with E-state index in [-0.39, 0.29) is 11.7 Å². The van der Waals surface area contributed by atoms with Crippen LogP contribution in [0, 0.1) is 0 Å². The van der Waals surface area contributed by atoms with Crippen LogP contribution in [0.4, 0.5) is 0 Å². The Hall–Kier alpha value is -0.130. The monoisotopic (exact) mass is 263 g/mol. The van der Waals surface area contributed by atoms with Crippen molar-refractivity contribution in [2.75, 3.05) is 31.6 Å². The smallest absolute Gasteiger partial charge is 0.233 e. The molecule has 0 aromatic heterocycles. The molecule has 0 saturated carbocycles. The van der Waals surface area contributed by atoms with Crippen molar-refractivity contribution < 1.29 is 14.3 Å². The minimum absolute atomic E-state index is 0.151. The first kappa shape index (κ1) is 10.4. The number of piperidine rings is 1. The van der Waals surface area contributed by atoms with Crippen molar-refractivity contribution in [3.63, 3.8) is 0 Å². The summed E-state index contributed by atoms with van der Waals surface area (Å²) in [6.07, 6.45) is 1.59. The lowest BCUT2D eigenvalue weighted by atomic mass is 10.0. The van der Waals surface area contributed by atoms with Gasteiger partial charge in [0.15, 0.2) is 5.79 Å². The number of hydrogen-bond acceptors (Lipinski definition) is 3. The molecule has 2 rings (SSSR count). The van der Waals surface area contributed by atoms with Crippen LogP contribution in [0.3, 0.4) is 0 Å². The fourth-order valence-electron chi connectivity index (χ4n) is 1.97. The predicted molar refractivity (Wildman–Crippen MR) is 54.2 cm³/mol. The van der Waals surface area contributed by atoms with Crippen molar-refractivity contribution in [3.8, 4) is 0 Å². The van der Waals surface area contributed by atoms with Crippen molar-refractivity contribution >= 4 is 21.8 Å². The number of alkyl halides is 1. The van der Waals surface area contributed by atoms with Gasteiger partial charge in [-0.15, -0.1) is 0 Å². The molecule has 2 saturated heterocycles. The van der Waals surface area contributed by atoms with Gasteiger partial charge in [0.25, 0.3) is 0 Å². The summed E-state index contributed by atoms with van der Waals surface area (Å²) in [5.41, 5.74) is 0. The molecule has 2 heterocycles. The molecule has 0 unspecified atom stereocenters. The molecule has 0 aromatic rings. The lowest BCUT2D eigenvalue weighted by Crippen LogP contribution is -2.47. The zero-order valence-corrected chi connectivity index (χ0v) is 9.59. The van der Waals surface area contributed by atoms with E-state index < -0.39 is 0 Å². The number of nitrogens with zero attached hydrogens (tertiary/aromatic N) is 1. The Balaban J connectivity index is 1.88. The molecule has 80 valence electrons. The van der Waals surface area contributed by atoms with Crippen molar-refractivity contribution in [2.45, 2.75) is 18.6 Å². The molecule has 2 aliphatic heterocycles. The Kier molecular flexibility index (Phi) is 3.09. The van der Waals surface area contributed by atoms with Crippen molar-refractivity contribution in [2.24, 2.45) is 0 Å². The Bertz CT molecular complexity index is 218. The minimum Gasteiger partial charge on any atom is -0.347 e. The summed E-state index contributed by atoms with van der Waals surface area (Å²) in [7, 11) is 0. The van der Waals surface area contributed by atoms with E-state index >= 15 is 0 Å². The summed E-state index contributed by atoms with van der Waals surface area (Å²) in [5.74, 6) is -0.221. The van der Waals surface area contributed by atoms with Crippen molar-refractivity contribution in [1.29, 1.82) is 0 Å². The van der Waals surface area contributed by atoms with Crippen molar-refractivity contribution in [3.05, 3.63) is 0 Å². The zero-order valence-electron chi connectivity index (χ0n) is 8.00. The molecule has 0 aliphatic carbocycles. The van der Waals surface area contributed by atoms with Crippen LogP contribution in [0.25, 0.3) is 0 Å². The number of halogens is 1. The van der Waals surface area contributed by atoms with E-state index in [0.717, 1.165) is 25.9 Å². The van der Waals surface area contributed by atoms with E-state index in [4.69, 9.17) is 9.47 Å². The first-order valence-corrected chi connectivity index (χ1v) is 6.00. The average Bonchev–Trinajstić information content (AvgIpc) is 2.67. The van der Waals surface area contributed by atoms with Gasteiger partial charge in [-0.2, -0.15) is 0 Å². The first-order valence-electron chi connectivity index (χ1n) is 4.87. The molecule has 2 fully saturated rings. The quantitative estimate of drug-likeness (QED) is 0.656. The number of ether oxygens (including phenoxy) is 2. The topological polar surface area (TPSA) is 38.8 Å². The van der Waals surface area contributed by atoms with Crippen LogP contribution < -0.4 is 0 Å². The SMILES string of the molecule is O=C(CBr)N1CCC2(CC1)OCCO2. The van der Waals surface area contributed by atoms with Crippen LogP contribution in [0.5, 0.6) is 0 Å². The highest BCUT2D eigenvalue weighted by Gasteiger charge is 2.40. The van der Waals surface area contributed by atoms with Gasteiger partial charge in [0.2, 0.25) is 5.91 Å². The Labute approximate surface area is 91.7 Å². The van der Waals surface area contributed by atoms with Gasteiger partial charge < -0.3 is 14.4 Å². The zero-order chi connectivity index (χ0) is 10.0. The maximum Gasteiger partial charge on any atom is 0.233 e. The molecular weight excluding hydrogens is 250 g/mol. The summed E-state index contributed by atoms with van der Waals surface area (Å²) < 4.78 is 11.1. The maximum absolute atomic E-state index is 11.4. The Morgan fingerprint density at radius 1 is 1.29 bits per heavy atom. The average molecular weight is 264 g/mol. The van der Waals surface area contributed by atoms with Crippen LogP contribution in [0.1, 0.15) is 12.8 Å². The van der Waals surface area contributed by atoms with E-state index in [2.05, 4.69) is 15.9 Å². The van der Waals surface area contributed by atoms with E-state index in [1.165, 1.54) is 0 Å². The first-order chi connectivity index (χ1) is 6.76. The summed E-state index contributed by atoms with van der Waals surface area (Å²) in [6.45, 7) is 2.85. The summed E-state index contributed by atoms with van der Waals surface area (Å²) in [4.78, 5) is 13.2. The Morgan fingerprint density at radius 3 is 2.36 bits per heavy atom. The van der Waals surface area contributed by atoms with Crippen LogP contribution in [0.2, 0.25) is 0 Å². The van der Waals surface area contributed by atoms with Crippen molar-refractivity contribution in [1.82, 2.24) is 4.90 Å². The third-order valence-electron chi connectivity index (χ3n) is 2.81. The largest absolute Gasteiger partial charge is 0.347 e. The standard InChI is InChI=1S/C9H14BrNO3/c10-7-8(12)11-3-1-9(2-4-11)13-5-6-14-9/h1-7H2. The summed E-state index contributed by atoms with van der Waals surface area (Å²) >= 11 is 3.17. The van der Waals surface area contributed by atoms with Gasteiger partial charge >= 0.3 is 0 Å². The van der Waals surface area contributed by atoms with Gasteiger partial charge in [0.1, 0.15) is 0 Å². The molecule has 0 N–H and O–H groups in total. The highest BCUT2D eigenvalue weighted by atomic mass is 79.9. The van der Waals surface area contributed by atoms with E-state index in [1.54, 1.807) is 0 Å². The normalized spacial score (nSPS) is 25.6. The van der Waals surface area contributed by atoms with Crippen LogP contribution >= 0.6 is 15.9 Å². The molecule has 1 amide bonds. The molecule has 2 aliphatic rings. The van der Waals surface area contributed by atoms with Gasteiger partial charge in [-0.05, 0) is 0 Å². The lowest BCUT2D eigenvalue weighted by molar-refractivity contribution is -0.186. The molecule has 0 bridgehead atoms. The van der Waals surface area contributed by atoms with E-state index in [0.29, 0.717) is 18.5 Å². The number of carbonyl (C=O) groups is 1. The molecule has 5 heteroatoms. The second-order valence-electron chi connectivity index (χ2n) is 3.62. The second-order valence-corrected chi connectivity index (χ2v) is 4.18. The number of rotatable bonds is 1. The summed E-state index contributed by atoms with van der Waals surface area (Å²) in [5, 5.41) is 0.404. The van der Waals surface area contributed by atoms with E-state index in [1.807, 2.05) is 4.90 Å². The number of hydrogen-bond donors (Lipinski definition) is 0. The van der Waals surface area contributed by atoms with Gasteiger partial charge in [-0.3, -0.25) is 4.79 Å². The minimum atomic E-state index is -0.372. The molecular formula is C9H14BrNO3. The molecule has 0 aromatic carbocycles. The number of likely N-dealkylation sites (tertiary alicyclic amines) is 1. The highest BCUT2D eigenvalue weighted by molar-refractivity contribution is 9.09. The van der Waals surface area contributed by atoms with Crippen LogP contribution in [-0.4, -0.2) is 48.2 Å². The fourth-order valence-corrected chi connectivity index (χ4v) is 2.32. The van der Waals surface area contributed by atoms with Gasteiger partial charge in [0.05, 0.1) is 18.5 Å². The molecule has 14 heavy (non-hydrogen) atoms. The highest BCUT2D eigenvalue weighted by Crippen LogP contribution is 2.31. The van der Waals surface area contributed by atoms with Gasteiger partial charge in [-0.25, -0.2) is 0 Å². The third kappa shape index (κ3) is 1.94. The third-order valence-corrected chi connectivity index (χ3v) is 3.29. The number of amides is 1. The summed E-state index contributed by atoms with van der Waals surface area (Å²) in [6, 6.07) is 0. The molecule has 4 nitrogen and oxygen atoms in total. The maximum atomic E-state index is 11.4. The van der Waals surface area contributed by atoms with E-state index in [9.17, 15) is 4.79 Å². The fraction of sp³-hybridized carbons (Fsp3) is 0.889. The van der Waals surface area contributed by atoms with Gasteiger partial charge in [0, 0.05) is 25.9 Å².